The quantitative estimate of drug-likeness (QED) is 0.345. The molecule has 4 aromatic rings. The Hall–Kier alpha value is -3.52. The predicted molar refractivity (Wildman–Crippen MR) is 138 cm³/mol. The van der Waals surface area contributed by atoms with Gasteiger partial charge in [-0.1, -0.05) is 55.3 Å². The number of hydrogen-bond acceptors (Lipinski definition) is 5. The van der Waals surface area contributed by atoms with Crippen molar-refractivity contribution in [3.8, 4) is 11.3 Å². The first-order valence-electron chi connectivity index (χ1n) is 11.8. The second-order valence-corrected chi connectivity index (χ2v) is 11.5. The molecule has 0 radical (unpaired) electrons. The maximum atomic E-state index is 13.2. The number of aromatic amines is 1. The molecule has 0 fully saturated rings. The van der Waals surface area contributed by atoms with Crippen LogP contribution in [0.15, 0.2) is 65.8 Å². The molecule has 7 nitrogen and oxygen atoms in total. The highest BCUT2D eigenvalue weighted by molar-refractivity contribution is 7.92. The molecule has 0 saturated heterocycles. The number of nitrogens with one attached hydrogen (secondary N) is 2. The van der Waals surface area contributed by atoms with Gasteiger partial charge >= 0.3 is 0 Å². The lowest BCUT2D eigenvalue weighted by Gasteiger charge is -2.18. The van der Waals surface area contributed by atoms with Gasteiger partial charge in [0.15, 0.2) is 15.5 Å². The molecule has 0 bridgehead atoms. The van der Waals surface area contributed by atoms with Crippen LogP contribution in [0.1, 0.15) is 61.1 Å². The Labute approximate surface area is 205 Å². The fourth-order valence-electron chi connectivity index (χ4n) is 3.94. The largest absolute Gasteiger partial charge is 0.345 e. The van der Waals surface area contributed by atoms with Crippen LogP contribution in [0.4, 0.5) is 0 Å². The van der Waals surface area contributed by atoms with E-state index in [2.05, 4.69) is 27.2 Å². The van der Waals surface area contributed by atoms with Gasteiger partial charge < -0.3 is 10.3 Å². The number of carbonyl (C=O) groups is 1. The highest BCUT2D eigenvalue weighted by atomic mass is 32.2. The molecule has 1 amide bonds. The van der Waals surface area contributed by atoms with Gasteiger partial charge in [-0.2, -0.15) is 0 Å². The van der Waals surface area contributed by atoms with Crippen LogP contribution in [-0.4, -0.2) is 34.5 Å². The molecule has 8 heteroatoms. The monoisotopic (exact) mass is 490 g/mol. The molecule has 0 unspecified atom stereocenters. The third-order valence-electron chi connectivity index (χ3n) is 6.09. The lowest BCUT2D eigenvalue weighted by molar-refractivity contribution is 0.0936. The molecule has 4 rings (SSSR count). The highest BCUT2D eigenvalue weighted by Gasteiger charge is 2.21. The van der Waals surface area contributed by atoms with Crippen molar-refractivity contribution < 1.29 is 13.2 Å². The summed E-state index contributed by atoms with van der Waals surface area (Å²) in [6.07, 6.45) is 4.98. The van der Waals surface area contributed by atoms with Crippen LogP contribution in [0, 0.1) is 6.92 Å². The van der Waals surface area contributed by atoms with Crippen molar-refractivity contribution in [1.29, 1.82) is 0 Å². The Kier molecular flexibility index (Phi) is 7.03. The number of nitrogens with zero attached hydrogens (tertiary/aromatic N) is 2. The molecule has 2 aromatic carbocycles. The molecule has 182 valence electrons. The lowest BCUT2D eigenvalue weighted by atomic mass is 10.0. The normalized spacial score (nSPS) is 12.7. The van der Waals surface area contributed by atoms with E-state index >= 15 is 0 Å². The van der Waals surface area contributed by atoms with Crippen LogP contribution >= 0.6 is 0 Å². The topological polar surface area (TPSA) is 105 Å². The maximum absolute atomic E-state index is 13.2. The second-order valence-electron chi connectivity index (χ2n) is 9.00. The van der Waals surface area contributed by atoms with Crippen LogP contribution in [0.2, 0.25) is 0 Å². The van der Waals surface area contributed by atoms with E-state index < -0.39 is 15.1 Å². The first-order chi connectivity index (χ1) is 16.7. The van der Waals surface area contributed by atoms with Crippen molar-refractivity contribution in [2.75, 3.05) is 0 Å². The minimum absolute atomic E-state index is 0.107. The molecule has 0 saturated carbocycles. The Morgan fingerprint density at radius 3 is 2.37 bits per heavy atom. The molecule has 0 aliphatic heterocycles. The molecule has 2 heterocycles. The zero-order valence-electron chi connectivity index (χ0n) is 20.4. The second kappa shape index (κ2) is 10.00. The van der Waals surface area contributed by atoms with E-state index in [1.165, 1.54) is 5.56 Å². The maximum Gasteiger partial charge on any atom is 0.255 e. The number of H-pyrrole nitrogens is 1. The number of sulfone groups is 1. The minimum atomic E-state index is -3.36. The van der Waals surface area contributed by atoms with Gasteiger partial charge in [0.05, 0.1) is 33.6 Å². The molecule has 2 aromatic heterocycles. The SMILES string of the molecule is CCC[C@@H](NC(=O)c1c[nH]c2ncc(-c3ccc(S(=O)(=O)C(C)C)cc3)nc12)c1ccc(C)cc1. The summed E-state index contributed by atoms with van der Waals surface area (Å²) in [7, 11) is -3.36. The minimum Gasteiger partial charge on any atom is -0.345 e. The van der Waals surface area contributed by atoms with Crippen LogP contribution < -0.4 is 5.32 Å². The number of fused-ring (bicyclic) bond motifs is 1. The fourth-order valence-corrected chi connectivity index (χ4v) is 5.00. The molecular formula is C27H30N4O3S. The Morgan fingerprint density at radius 1 is 1.06 bits per heavy atom. The van der Waals surface area contributed by atoms with E-state index in [1.54, 1.807) is 50.5 Å². The molecule has 0 aliphatic rings. The van der Waals surface area contributed by atoms with Crippen molar-refractivity contribution in [2.45, 2.75) is 56.7 Å². The summed E-state index contributed by atoms with van der Waals surface area (Å²) >= 11 is 0. The van der Waals surface area contributed by atoms with Crippen molar-refractivity contribution in [2.24, 2.45) is 0 Å². The number of hydrogen-bond donors (Lipinski definition) is 2. The third-order valence-corrected chi connectivity index (χ3v) is 8.26. The van der Waals surface area contributed by atoms with Gasteiger partial charge in [-0.05, 0) is 44.9 Å². The number of carbonyl (C=O) groups excluding carboxylic acids is 1. The van der Waals surface area contributed by atoms with Crippen molar-refractivity contribution in [3.63, 3.8) is 0 Å². The molecular weight excluding hydrogens is 460 g/mol. The Morgan fingerprint density at radius 2 is 1.74 bits per heavy atom. The van der Waals surface area contributed by atoms with Crippen LogP contribution in [0.25, 0.3) is 22.4 Å². The summed E-state index contributed by atoms with van der Waals surface area (Å²) in [6.45, 7) is 7.45. The zero-order valence-corrected chi connectivity index (χ0v) is 21.2. The van der Waals surface area contributed by atoms with Gasteiger partial charge in [0.2, 0.25) is 0 Å². The smallest absolute Gasteiger partial charge is 0.255 e. The van der Waals surface area contributed by atoms with Crippen molar-refractivity contribution in [3.05, 3.63) is 77.6 Å². The number of aryl methyl sites for hydroxylation is 1. The van der Waals surface area contributed by atoms with Gasteiger partial charge in [-0.15, -0.1) is 0 Å². The van der Waals surface area contributed by atoms with Gasteiger partial charge in [-0.25, -0.2) is 18.4 Å². The Balaban J connectivity index is 1.62. The number of benzene rings is 2. The van der Waals surface area contributed by atoms with E-state index in [9.17, 15) is 13.2 Å². The number of amides is 1. The summed E-state index contributed by atoms with van der Waals surface area (Å²) in [6, 6.07) is 14.7. The van der Waals surface area contributed by atoms with E-state index in [-0.39, 0.29) is 16.8 Å². The lowest BCUT2D eigenvalue weighted by Crippen LogP contribution is -2.28. The summed E-state index contributed by atoms with van der Waals surface area (Å²) < 4.78 is 24.8. The summed E-state index contributed by atoms with van der Waals surface area (Å²) in [5.74, 6) is -0.222. The van der Waals surface area contributed by atoms with Gasteiger partial charge in [-0.3, -0.25) is 4.79 Å². The number of aromatic nitrogens is 3. The molecule has 1 atom stereocenters. The average Bonchev–Trinajstić information content (AvgIpc) is 3.28. The highest BCUT2D eigenvalue weighted by Crippen LogP contribution is 2.25. The Bertz CT molecular complexity index is 1440. The van der Waals surface area contributed by atoms with Crippen molar-refractivity contribution >= 4 is 26.9 Å². The molecule has 0 aliphatic carbocycles. The fraction of sp³-hybridized carbons (Fsp3) is 0.296. The van der Waals surface area contributed by atoms with Gasteiger partial charge in [0.1, 0.15) is 5.52 Å². The molecule has 35 heavy (non-hydrogen) atoms. The van der Waals surface area contributed by atoms with E-state index in [1.807, 2.05) is 31.2 Å². The summed E-state index contributed by atoms with van der Waals surface area (Å²) in [5.41, 5.74) is 4.92. The third kappa shape index (κ3) is 5.12. The predicted octanol–water partition coefficient (Wildman–Crippen LogP) is 5.39. The van der Waals surface area contributed by atoms with Gasteiger partial charge in [0.25, 0.3) is 5.91 Å². The zero-order chi connectivity index (χ0) is 25.2. The van der Waals surface area contributed by atoms with E-state index in [4.69, 9.17) is 0 Å². The van der Waals surface area contributed by atoms with Crippen LogP contribution in [-0.2, 0) is 9.84 Å². The van der Waals surface area contributed by atoms with E-state index in [0.717, 1.165) is 24.0 Å². The van der Waals surface area contributed by atoms with Crippen molar-refractivity contribution in [1.82, 2.24) is 20.3 Å². The average molecular weight is 491 g/mol. The summed E-state index contributed by atoms with van der Waals surface area (Å²) in [5, 5.41) is 2.65. The van der Waals surface area contributed by atoms with Crippen LogP contribution in [0.3, 0.4) is 0 Å². The standard InChI is InChI=1S/C27H30N4O3S/c1-5-6-23(19-9-7-18(4)8-10-19)31-27(32)22-15-28-26-25(22)30-24(16-29-26)20-11-13-21(14-12-20)35(33,34)17(2)3/h7-17,23H,5-6H2,1-4H3,(H,28,29)(H,31,32)/t23-/m1/s1. The first kappa shape index (κ1) is 24.6. The first-order valence-corrected chi connectivity index (χ1v) is 13.3. The molecule has 2 N–H and O–H groups in total. The van der Waals surface area contributed by atoms with E-state index in [0.29, 0.717) is 22.4 Å². The van der Waals surface area contributed by atoms with Gasteiger partial charge in [0, 0.05) is 11.8 Å². The molecule has 0 spiro atoms. The summed E-state index contributed by atoms with van der Waals surface area (Å²) in [4.78, 5) is 25.7. The number of rotatable bonds is 8. The van der Waals surface area contributed by atoms with Crippen LogP contribution in [0.5, 0.6) is 0 Å².